The number of aromatic nitrogens is 2. The Kier molecular flexibility index (Phi) is 4.34. The Labute approximate surface area is 146 Å². The van der Waals surface area contributed by atoms with Crippen molar-refractivity contribution >= 4 is 28.4 Å². The summed E-state index contributed by atoms with van der Waals surface area (Å²) in [5.41, 5.74) is 3.16. The number of allylic oxidation sites excluding steroid dienone is 2. The van der Waals surface area contributed by atoms with Gasteiger partial charge in [-0.3, -0.25) is 0 Å². The maximum absolute atomic E-state index is 13.4. The van der Waals surface area contributed by atoms with Gasteiger partial charge < -0.3 is 0 Å². The SMILES string of the molecule is CC1=C[I-]C=C(C)N1c1cc(I)n(-c2cccc(F)c2)n1. The van der Waals surface area contributed by atoms with Gasteiger partial charge >= 0.3 is 148 Å². The average Bonchev–Trinajstić information content (AvgIpc) is 2.80. The van der Waals surface area contributed by atoms with E-state index in [-0.39, 0.29) is 27.0 Å². The van der Waals surface area contributed by atoms with Crippen molar-refractivity contribution in [3.63, 3.8) is 0 Å². The van der Waals surface area contributed by atoms with Crippen molar-refractivity contribution in [1.29, 1.82) is 0 Å². The number of hydrogen-bond donors (Lipinski definition) is 0. The Morgan fingerprint density at radius 3 is 2.52 bits per heavy atom. The number of halogens is 3. The van der Waals surface area contributed by atoms with Crippen molar-refractivity contribution in [1.82, 2.24) is 9.78 Å². The van der Waals surface area contributed by atoms with E-state index in [1.807, 2.05) is 12.1 Å². The molecule has 0 bridgehead atoms. The van der Waals surface area contributed by atoms with Gasteiger partial charge in [-0.1, -0.05) is 0 Å². The Hall–Kier alpha value is -0.900. The molecule has 2 aromatic rings. The van der Waals surface area contributed by atoms with Gasteiger partial charge in [0.25, 0.3) is 0 Å². The maximum atomic E-state index is 13.4. The van der Waals surface area contributed by atoms with E-state index in [2.05, 4.69) is 54.6 Å². The van der Waals surface area contributed by atoms with Gasteiger partial charge in [-0.2, -0.15) is 0 Å². The molecule has 1 aromatic carbocycles. The standard InChI is InChI=1S/C15H13FI2N3/c1-10-8-18-9-11(2)20(10)15-7-14(17)21(19-15)13-5-3-4-12(16)6-13/h3-9H,1-2H3/q-1. The molecule has 0 radical (unpaired) electrons. The zero-order chi connectivity index (χ0) is 15.0. The molecule has 0 saturated carbocycles. The molecule has 0 saturated heterocycles. The predicted octanol–water partition coefficient (Wildman–Crippen LogP) is 1.25. The molecule has 0 fully saturated rings. The summed E-state index contributed by atoms with van der Waals surface area (Å²) in [5.74, 6) is 0.616. The molecule has 110 valence electrons. The summed E-state index contributed by atoms with van der Waals surface area (Å²) >= 11 is 2.24. The molecule has 0 unspecified atom stereocenters. The van der Waals surface area contributed by atoms with Crippen LogP contribution in [-0.2, 0) is 0 Å². The van der Waals surface area contributed by atoms with E-state index in [9.17, 15) is 4.39 Å². The summed E-state index contributed by atoms with van der Waals surface area (Å²) in [7, 11) is 0. The third-order valence-corrected chi connectivity index (χ3v) is 6.37. The molecule has 2 heterocycles. The van der Waals surface area contributed by atoms with E-state index in [0.717, 1.165) is 15.2 Å². The molecule has 1 aliphatic rings. The molecule has 1 aliphatic heterocycles. The van der Waals surface area contributed by atoms with Crippen molar-refractivity contribution in [2.24, 2.45) is 0 Å². The number of rotatable bonds is 2. The third kappa shape index (κ3) is 3.01. The van der Waals surface area contributed by atoms with Crippen LogP contribution in [0.2, 0.25) is 0 Å². The van der Waals surface area contributed by atoms with Crippen molar-refractivity contribution < 1.29 is 25.6 Å². The molecule has 6 heteroatoms. The summed E-state index contributed by atoms with van der Waals surface area (Å²) in [6.45, 7) is 4.20. The molecule has 21 heavy (non-hydrogen) atoms. The topological polar surface area (TPSA) is 21.1 Å². The van der Waals surface area contributed by atoms with Crippen LogP contribution in [0.15, 0.2) is 49.9 Å². The molecule has 0 spiro atoms. The van der Waals surface area contributed by atoms with Gasteiger partial charge in [-0.05, 0) is 0 Å². The molecule has 0 atom stereocenters. The molecule has 0 amide bonds. The second-order valence-electron chi connectivity index (χ2n) is 4.68. The first-order valence-corrected chi connectivity index (χ1v) is 9.90. The van der Waals surface area contributed by atoms with E-state index in [0.29, 0.717) is 0 Å². The van der Waals surface area contributed by atoms with Crippen molar-refractivity contribution in [3.8, 4) is 5.69 Å². The Morgan fingerprint density at radius 2 is 1.86 bits per heavy atom. The van der Waals surface area contributed by atoms with Crippen LogP contribution in [0.25, 0.3) is 5.69 Å². The average molecular weight is 508 g/mol. The van der Waals surface area contributed by atoms with Gasteiger partial charge in [0.1, 0.15) is 0 Å². The van der Waals surface area contributed by atoms with Gasteiger partial charge in [0.05, 0.1) is 0 Å². The van der Waals surface area contributed by atoms with Crippen LogP contribution in [0.4, 0.5) is 10.2 Å². The number of benzene rings is 1. The van der Waals surface area contributed by atoms with Crippen molar-refractivity contribution in [2.75, 3.05) is 4.90 Å². The van der Waals surface area contributed by atoms with E-state index >= 15 is 0 Å². The van der Waals surface area contributed by atoms with Gasteiger partial charge in [0.2, 0.25) is 0 Å². The van der Waals surface area contributed by atoms with Crippen molar-refractivity contribution in [2.45, 2.75) is 13.8 Å². The monoisotopic (exact) mass is 508 g/mol. The first-order valence-electron chi connectivity index (χ1n) is 6.33. The Bertz CT molecular complexity index is 731. The fourth-order valence-electron chi connectivity index (χ4n) is 2.20. The second-order valence-corrected chi connectivity index (χ2v) is 7.75. The van der Waals surface area contributed by atoms with Gasteiger partial charge in [0, 0.05) is 0 Å². The summed E-state index contributed by atoms with van der Waals surface area (Å²) in [6.07, 6.45) is 0. The summed E-state index contributed by atoms with van der Waals surface area (Å²) in [6, 6.07) is 8.50. The van der Waals surface area contributed by atoms with Gasteiger partial charge in [0.15, 0.2) is 0 Å². The molecular formula is C15H13FI2N3-. The quantitative estimate of drug-likeness (QED) is 0.571. The number of anilines is 1. The molecule has 3 nitrogen and oxygen atoms in total. The fraction of sp³-hybridized carbons (Fsp3) is 0.133. The Morgan fingerprint density at radius 1 is 1.14 bits per heavy atom. The normalized spacial score (nSPS) is 15.3. The van der Waals surface area contributed by atoms with Crippen LogP contribution in [0.1, 0.15) is 13.8 Å². The second kappa shape index (κ2) is 6.07. The minimum absolute atomic E-state index is 0.0133. The molecule has 3 rings (SSSR count). The predicted molar refractivity (Wildman–Crippen MR) is 86.2 cm³/mol. The van der Waals surface area contributed by atoms with Crippen LogP contribution in [-0.4, -0.2) is 9.78 Å². The molecule has 0 N–H and O–H groups in total. The fourth-order valence-corrected chi connectivity index (χ4v) is 4.64. The van der Waals surface area contributed by atoms with Crippen LogP contribution >= 0.6 is 22.6 Å². The van der Waals surface area contributed by atoms with Crippen LogP contribution in [0.3, 0.4) is 0 Å². The third-order valence-electron chi connectivity index (χ3n) is 3.08. The van der Waals surface area contributed by atoms with E-state index in [1.54, 1.807) is 10.7 Å². The zero-order valence-corrected chi connectivity index (χ0v) is 15.8. The van der Waals surface area contributed by atoms with Crippen LogP contribution in [0.5, 0.6) is 0 Å². The van der Waals surface area contributed by atoms with Crippen LogP contribution < -0.4 is 26.1 Å². The molecule has 1 aromatic heterocycles. The summed E-state index contributed by atoms with van der Waals surface area (Å²) in [4.78, 5) is 2.14. The van der Waals surface area contributed by atoms with E-state index in [1.165, 1.54) is 23.5 Å². The van der Waals surface area contributed by atoms with Crippen LogP contribution in [0, 0.1) is 9.52 Å². The zero-order valence-electron chi connectivity index (χ0n) is 11.5. The van der Waals surface area contributed by atoms with Crippen molar-refractivity contribution in [3.05, 3.63) is 59.4 Å². The first-order chi connectivity index (χ1) is 10.1. The minimum atomic E-state index is -0.254. The van der Waals surface area contributed by atoms with Gasteiger partial charge in [-0.15, -0.1) is 0 Å². The summed E-state index contributed by atoms with van der Waals surface area (Å²) < 4.78 is 20.7. The number of nitrogens with zero attached hydrogens (tertiary/aromatic N) is 3. The van der Waals surface area contributed by atoms with E-state index < -0.39 is 0 Å². The summed E-state index contributed by atoms with van der Waals surface area (Å²) in [5, 5.41) is 4.64. The van der Waals surface area contributed by atoms with Gasteiger partial charge in [-0.25, -0.2) is 0 Å². The molecular weight excluding hydrogens is 495 g/mol. The number of hydrogen-bond acceptors (Lipinski definition) is 2. The molecule has 0 aliphatic carbocycles. The Balaban J connectivity index is 2.04. The first kappa shape index (κ1) is 15.0. The van der Waals surface area contributed by atoms with E-state index in [4.69, 9.17) is 0 Å².